The van der Waals surface area contributed by atoms with Crippen molar-refractivity contribution in [2.75, 3.05) is 6.54 Å². The molecule has 4 N–H and O–H groups in total. The second-order valence-corrected chi connectivity index (χ2v) is 7.77. The molecule has 1 aliphatic rings. The number of nitrogens with two attached hydrogens (primary N) is 1. The summed E-state index contributed by atoms with van der Waals surface area (Å²) in [5.41, 5.74) is 5.50. The normalized spacial score (nSPS) is 18.1. The van der Waals surface area contributed by atoms with Crippen LogP contribution in [0.3, 0.4) is 0 Å². The molecule has 1 saturated carbocycles. The van der Waals surface area contributed by atoms with Crippen molar-refractivity contribution in [1.82, 2.24) is 10.6 Å². The summed E-state index contributed by atoms with van der Waals surface area (Å²) >= 11 is 0. The number of primary amides is 1. The topological polar surface area (TPSA) is 101 Å². The number of nitrogens with one attached hydrogen (secondary N) is 2. The SMILES string of the molecule is CCC(=O)NCCCC[C@H](NC(=O)C1CCCCCCCCCC1)C(N)=O. The van der Waals surface area contributed by atoms with Crippen molar-refractivity contribution < 1.29 is 14.4 Å². The zero-order valence-corrected chi connectivity index (χ0v) is 17.1. The molecule has 0 spiro atoms. The lowest BCUT2D eigenvalue weighted by Crippen LogP contribution is -2.46. The van der Waals surface area contributed by atoms with E-state index in [2.05, 4.69) is 10.6 Å². The average Bonchev–Trinajstić information content (AvgIpc) is 2.71. The third-order valence-electron chi connectivity index (χ3n) is 5.45. The van der Waals surface area contributed by atoms with Gasteiger partial charge in [0.15, 0.2) is 0 Å². The summed E-state index contributed by atoms with van der Waals surface area (Å²) in [5, 5.41) is 5.71. The van der Waals surface area contributed by atoms with Crippen molar-refractivity contribution in [3.05, 3.63) is 0 Å². The second-order valence-electron chi connectivity index (χ2n) is 7.77. The van der Waals surface area contributed by atoms with E-state index in [1.165, 1.54) is 38.5 Å². The summed E-state index contributed by atoms with van der Waals surface area (Å²) in [6, 6.07) is -0.613. The Morgan fingerprint density at radius 2 is 1.48 bits per heavy atom. The molecule has 0 unspecified atom stereocenters. The zero-order valence-electron chi connectivity index (χ0n) is 17.1. The quantitative estimate of drug-likeness (QED) is 0.535. The van der Waals surface area contributed by atoms with Gasteiger partial charge in [-0.15, -0.1) is 0 Å². The predicted octanol–water partition coefficient (Wildman–Crippen LogP) is 3.18. The maximum atomic E-state index is 12.7. The van der Waals surface area contributed by atoms with Gasteiger partial charge in [-0.1, -0.05) is 58.3 Å². The Balaban J connectivity index is 2.42. The summed E-state index contributed by atoms with van der Waals surface area (Å²) in [7, 11) is 0. The molecular weight excluding hydrogens is 342 g/mol. The number of hydrogen-bond acceptors (Lipinski definition) is 3. The summed E-state index contributed by atoms with van der Waals surface area (Å²) < 4.78 is 0. The van der Waals surface area contributed by atoms with E-state index in [1.807, 2.05) is 6.92 Å². The second kappa shape index (κ2) is 14.5. The van der Waals surface area contributed by atoms with Crippen LogP contribution in [0.5, 0.6) is 0 Å². The average molecular weight is 382 g/mol. The first-order valence-corrected chi connectivity index (χ1v) is 10.9. The van der Waals surface area contributed by atoms with Crippen molar-refractivity contribution >= 4 is 17.7 Å². The van der Waals surface area contributed by atoms with Crippen LogP contribution in [-0.2, 0) is 14.4 Å². The Kier molecular flexibility index (Phi) is 12.6. The van der Waals surface area contributed by atoms with Gasteiger partial charge in [0.25, 0.3) is 0 Å². The lowest BCUT2D eigenvalue weighted by molar-refractivity contribution is -0.130. The molecule has 0 saturated heterocycles. The van der Waals surface area contributed by atoms with Crippen molar-refractivity contribution in [1.29, 1.82) is 0 Å². The van der Waals surface area contributed by atoms with Crippen LogP contribution in [0.1, 0.15) is 96.8 Å². The van der Waals surface area contributed by atoms with Crippen LogP contribution >= 0.6 is 0 Å². The van der Waals surface area contributed by atoms with E-state index in [0.29, 0.717) is 19.4 Å². The minimum absolute atomic E-state index is 0.00575. The summed E-state index contributed by atoms with van der Waals surface area (Å²) in [6.45, 7) is 2.41. The molecule has 1 fully saturated rings. The Hall–Kier alpha value is -1.59. The Morgan fingerprint density at radius 3 is 2.00 bits per heavy atom. The fourth-order valence-electron chi connectivity index (χ4n) is 3.65. The Labute approximate surface area is 164 Å². The smallest absolute Gasteiger partial charge is 0.239 e. The molecule has 0 bridgehead atoms. The molecule has 0 heterocycles. The number of carbonyl (C=O) groups is 3. The molecule has 1 rings (SSSR count). The van der Waals surface area contributed by atoms with Gasteiger partial charge in [-0.25, -0.2) is 0 Å². The van der Waals surface area contributed by atoms with Crippen LogP contribution in [-0.4, -0.2) is 30.3 Å². The highest BCUT2D eigenvalue weighted by atomic mass is 16.2. The van der Waals surface area contributed by atoms with Gasteiger partial charge in [0.2, 0.25) is 17.7 Å². The monoisotopic (exact) mass is 381 g/mol. The zero-order chi connectivity index (χ0) is 19.9. The van der Waals surface area contributed by atoms with Gasteiger partial charge in [-0.3, -0.25) is 14.4 Å². The lowest BCUT2D eigenvalue weighted by Gasteiger charge is -2.21. The fourth-order valence-corrected chi connectivity index (χ4v) is 3.65. The molecule has 6 heteroatoms. The highest BCUT2D eigenvalue weighted by molar-refractivity contribution is 5.87. The molecule has 0 radical (unpaired) electrons. The van der Waals surface area contributed by atoms with Gasteiger partial charge in [0.05, 0.1) is 0 Å². The number of hydrogen-bond donors (Lipinski definition) is 3. The van der Waals surface area contributed by atoms with Crippen LogP contribution in [0, 0.1) is 5.92 Å². The third-order valence-corrected chi connectivity index (χ3v) is 5.45. The molecule has 0 aliphatic heterocycles. The maximum absolute atomic E-state index is 12.7. The first-order chi connectivity index (χ1) is 13.0. The molecule has 156 valence electrons. The minimum Gasteiger partial charge on any atom is -0.368 e. The van der Waals surface area contributed by atoms with Crippen LogP contribution in [0.2, 0.25) is 0 Å². The molecule has 0 aromatic rings. The Bertz CT molecular complexity index is 442. The van der Waals surface area contributed by atoms with Crippen molar-refractivity contribution in [2.45, 2.75) is 103 Å². The first kappa shape index (κ1) is 23.4. The summed E-state index contributed by atoms with van der Waals surface area (Å²) in [5.74, 6) is -0.467. The molecule has 1 aliphatic carbocycles. The molecule has 0 aromatic carbocycles. The third kappa shape index (κ3) is 11.0. The van der Waals surface area contributed by atoms with E-state index in [4.69, 9.17) is 5.73 Å². The van der Waals surface area contributed by atoms with E-state index < -0.39 is 11.9 Å². The Morgan fingerprint density at radius 1 is 0.926 bits per heavy atom. The van der Waals surface area contributed by atoms with Gasteiger partial charge in [0, 0.05) is 18.9 Å². The van der Waals surface area contributed by atoms with Crippen LogP contribution < -0.4 is 16.4 Å². The van der Waals surface area contributed by atoms with E-state index in [0.717, 1.165) is 38.5 Å². The highest BCUT2D eigenvalue weighted by Gasteiger charge is 2.23. The summed E-state index contributed by atoms with van der Waals surface area (Å²) in [6.07, 6.45) is 14.0. The molecule has 3 amide bonds. The van der Waals surface area contributed by atoms with Gasteiger partial charge in [-0.2, -0.15) is 0 Å². The number of amides is 3. The molecular formula is C21H39N3O3. The standard InChI is InChI=1S/C21H39N3O3/c1-2-19(25)23-16-12-11-15-18(20(22)26)24-21(27)17-13-9-7-5-3-4-6-8-10-14-17/h17-18H,2-16H2,1H3,(H2,22,26)(H,23,25)(H,24,27)/t18-/m0/s1. The minimum atomic E-state index is -0.613. The van der Waals surface area contributed by atoms with Gasteiger partial charge >= 0.3 is 0 Å². The van der Waals surface area contributed by atoms with Crippen LogP contribution in [0.15, 0.2) is 0 Å². The van der Waals surface area contributed by atoms with E-state index in [9.17, 15) is 14.4 Å². The van der Waals surface area contributed by atoms with Crippen molar-refractivity contribution in [3.63, 3.8) is 0 Å². The van der Waals surface area contributed by atoms with Crippen LogP contribution in [0.4, 0.5) is 0 Å². The van der Waals surface area contributed by atoms with Crippen molar-refractivity contribution in [3.8, 4) is 0 Å². The largest absolute Gasteiger partial charge is 0.368 e. The van der Waals surface area contributed by atoms with Crippen molar-refractivity contribution in [2.24, 2.45) is 11.7 Å². The van der Waals surface area contributed by atoms with E-state index in [-0.39, 0.29) is 17.7 Å². The number of carbonyl (C=O) groups excluding carboxylic acids is 3. The molecule has 6 nitrogen and oxygen atoms in total. The van der Waals surface area contributed by atoms with Gasteiger partial charge in [-0.05, 0) is 32.1 Å². The summed E-state index contributed by atoms with van der Waals surface area (Å²) in [4.78, 5) is 35.7. The molecule has 27 heavy (non-hydrogen) atoms. The highest BCUT2D eigenvalue weighted by Crippen LogP contribution is 2.21. The number of rotatable bonds is 9. The predicted molar refractivity (Wildman–Crippen MR) is 108 cm³/mol. The molecule has 1 atom stereocenters. The number of unbranched alkanes of at least 4 members (excludes halogenated alkanes) is 1. The van der Waals surface area contributed by atoms with Gasteiger partial charge in [0.1, 0.15) is 6.04 Å². The van der Waals surface area contributed by atoms with E-state index >= 15 is 0 Å². The molecule has 0 aromatic heterocycles. The van der Waals surface area contributed by atoms with Gasteiger partial charge < -0.3 is 16.4 Å². The van der Waals surface area contributed by atoms with Crippen LogP contribution in [0.25, 0.3) is 0 Å². The fraction of sp³-hybridized carbons (Fsp3) is 0.857. The van der Waals surface area contributed by atoms with E-state index in [1.54, 1.807) is 0 Å². The first-order valence-electron chi connectivity index (χ1n) is 10.9. The lowest BCUT2D eigenvalue weighted by atomic mass is 9.94. The maximum Gasteiger partial charge on any atom is 0.239 e.